The largest absolute Gasteiger partial charge is 0.497 e. The Morgan fingerprint density at radius 1 is 1.18 bits per heavy atom. The maximum absolute atomic E-state index is 11.0. The number of benzene rings is 1. The van der Waals surface area contributed by atoms with Crippen LogP contribution in [0.1, 0.15) is 31.2 Å². The van der Waals surface area contributed by atoms with Crippen LogP contribution in [0, 0.1) is 0 Å². The molecule has 2 rings (SSSR count). The van der Waals surface area contributed by atoms with Gasteiger partial charge in [0.15, 0.2) is 0 Å². The molecule has 122 valence electrons. The molecule has 22 heavy (non-hydrogen) atoms. The van der Waals surface area contributed by atoms with Crippen LogP contribution in [0.5, 0.6) is 11.5 Å². The highest BCUT2D eigenvalue weighted by Crippen LogP contribution is 2.36. The van der Waals surface area contributed by atoms with E-state index in [0.717, 1.165) is 62.4 Å². The predicted molar refractivity (Wildman–Crippen MR) is 88.5 cm³/mol. The van der Waals surface area contributed by atoms with E-state index in [1.54, 1.807) is 14.2 Å². The van der Waals surface area contributed by atoms with E-state index in [1.165, 1.54) is 0 Å². The molecule has 0 bridgehead atoms. The monoisotopic (exact) mass is 305 g/mol. The molecule has 1 fully saturated rings. The molecule has 4 heteroatoms. The fourth-order valence-electron chi connectivity index (χ4n) is 2.97. The molecule has 1 N–H and O–H groups in total. The minimum atomic E-state index is -0.795. The summed E-state index contributed by atoms with van der Waals surface area (Å²) in [6.07, 6.45) is 5.61. The van der Waals surface area contributed by atoms with Crippen molar-refractivity contribution in [2.24, 2.45) is 0 Å². The number of unbranched alkanes of at least 4 members (excludes halogenated alkanes) is 1. The van der Waals surface area contributed by atoms with Crippen LogP contribution in [0.2, 0.25) is 0 Å². The SMILES string of the molecule is C=CCCCN1CCC(O)(c2cc(OC)cc(OC)c2)CC1. The van der Waals surface area contributed by atoms with Crippen LogP contribution in [0.15, 0.2) is 30.9 Å². The Hall–Kier alpha value is -1.52. The van der Waals surface area contributed by atoms with E-state index in [0.29, 0.717) is 0 Å². The summed E-state index contributed by atoms with van der Waals surface area (Å²) in [6, 6.07) is 5.66. The number of hydrogen-bond acceptors (Lipinski definition) is 4. The Kier molecular flexibility index (Phi) is 5.86. The molecule has 0 aliphatic carbocycles. The standard InChI is InChI=1S/C18H27NO3/c1-4-5-6-9-19-10-7-18(20,8-11-19)15-12-16(21-2)14-17(13-15)22-3/h4,12-14,20H,1,5-11H2,2-3H3. The predicted octanol–water partition coefficient (Wildman–Crippen LogP) is 2.95. The summed E-state index contributed by atoms with van der Waals surface area (Å²) >= 11 is 0. The van der Waals surface area contributed by atoms with E-state index in [1.807, 2.05) is 24.3 Å². The van der Waals surface area contributed by atoms with Gasteiger partial charge < -0.3 is 19.5 Å². The third-order valence-electron chi connectivity index (χ3n) is 4.45. The first-order valence-electron chi connectivity index (χ1n) is 7.90. The van der Waals surface area contributed by atoms with E-state index in [9.17, 15) is 5.11 Å². The van der Waals surface area contributed by atoms with Gasteiger partial charge in [-0.3, -0.25) is 0 Å². The van der Waals surface area contributed by atoms with Crippen molar-refractivity contribution in [2.75, 3.05) is 33.9 Å². The average Bonchev–Trinajstić information content (AvgIpc) is 2.56. The molecule has 1 aromatic carbocycles. The molecular weight excluding hydrogens is 278 g/mol. The highest BCUT2D eigenvalue weighted by atomic mass is 16.5. The molecule has 0 aromatic heterocycles. The molecule has 0 atom stereocenters. The number of ether oxygens (including phenoxy) is 2. The molecule has 0 amide bonds. The topological polar surface area (TPSA) is 41.9 Å². The number of methoxy groups -OCH3 is 2. The number of allylic oxidation sites excluding steroid dienone is 1. The van der Waals surface area contributed by atoms with E-state index in [4.69, 9.17) is 9.47 Å². The lowest BCUT2D eigenvalue weighted by atomic mass is 9.84. The highest BCUT2D eigenvalue weighted by Gasteiger charge is 2.34. The second-order valence-corrected chi connectivity index (χ2v) is 5.91. The zero-order chi connectivity index (χ0) is 16.0. The quantitative estimate of drug-likeness (QED) is 0.621. The molecule has 1 heterocycles. The van der Waals surface area contributed by atoms with Crippen molar-refractivity contribution >= 4 is 0 Å². The van der Waals surface area contributed by atoms with E-state index >= 15 is 0 Å². The number of likely N-dealkylation sites (tertiary alicyclic amines) is 1. The molecule has 1 saturated heterocycles. The number of piperidine rings is 1. The van der Waals surface area contributed by atoms with Crippen molar-refractivity contribution in [2.45, 2.75) is 31.3 Å². The van der Waals surface area contributed by atoms with Crippen molar-refractivity contribution in [3.05, 3.63) is 36.4 Å². The Morgan fingerprint density at radius 3 is 2.27 bits per heavy atom. The number of rotatable bonds is 7. The summed E-state index contributed by atoms with van der Waals surface area (Å²) in [7, 11) is 3.26. The zero-order valence-corrected chi connectivity index (χ0v) is 13.7. The molecule has 4 nitrogen and oxygen atoms in total. The first kappa shape index (κ1) is 16.8. The minimum Gasteiger partial charge on any atom is -0.497 e. The third kappa shape index (κ3) is 4.02. The van der Waals surface area contributed by atoms with Crippen LogP contribution in [0.3, 0.4) is 0 Å². The van der Waals surface area contributed by atoms with Gasteiger partial charge in [-0.1, -0.05) is 6.08 Å². The maximum atomic E-state index is 11.0. The fraction of sp³-hybridized carbons (Fsp3) is 0.556. The maximum Gasteiger partial charge on any atom is 0.122 e. The molecular formula is C18H27NO3. The summed E-state index contributed by atoms with van der Waals surface area (Å²) in [6.45, 7) is 6.65. The van der Waals surface area contributed by atoms with Gasteiger partial charge in [-0.05, 0) is 49.9 Å². The van der Waals surface area contributed by atoms with Gasteiger partial charge in [0.05, 0.1) is 19.8 Å². The lowest BCUT2D eigenvalue weighted by Gasteiger charge is -2.38. The van der Waals surface area contributed by atoms with Crippen LogP contribution in [-0.4, -0.2) is 43.9 Å². The molecule has 0 spiro atoms. The summed E-state index contributed by atoms with van der Waals surface area (Å²) < 4.78 is 10.6. The zero-order valence-electron chi connectivity index (χ0n) is 13.7. The van der Waals surface area contributed by atoms with Crippen molar-refractivity contribution in [3.63, 3.8) is 0 Å². The van der Waals surface area contributed by atoms with Crippen LogP contribution in [-0.2, 0) is 5.60 Å². The Bertz CT molecular complexity index is 471. The van der Waals surface area contributed by atoms with Gasteiger partial charge in [0.25, 0.3) is 0 Å². The van der Waals surface area contributed by atoms with Gasteiger partial charge in [0, 0.05) is 19.2 Å². The Morgan fingerprint density at radius 2 is 1.77 bits per heavy atom. The van der Waals surface area contributed by atoms with Crippen molar-refractivity contribution in [1.29, 1.82) is 0 Å². The molecule has 1 aliphatic heterocycles. The van der Waals surface area contributed by atoms with Crippen LogP contribution < -0.4 is 9.47 Å². The Labute approximate surface area is 133 Å². The highest BCUT2D eigenvalue weighted by molar-refractivity contribution is 5.41. The van der Waals surface area contributed by atoms with Crippen molar-refractivity contribution in [3.8, 4) is 11.5 Å². The number of aliphatic hydroxyl groups is 1. The molecule has 1 aromatic rings. The average molecular weight is 305 g/mol. The van der Waals surface area contributed by atoms with Crippen LogP contribution in [0.4, 0.5) is 0 Å². The van der Waals surface area contributed by atoms with E-state index in [-0.39, 0.29) is 0 Å². The number of hydrogen-bond donors (Lipinski definition) is 1. The second-order valence-electron chi connectivity index (χ2n) is 5.91. The lowest BCUT2D eigenvalue weighted by molar-refractivity contribution is -0.0262. The summed E-state index contributed by atoms with van der Waals surface area (Å²) in [5, 5.41) is 11.0. The van der Waals surface area contributed by atoms with Gasteiger partial charge in [0.1, 0.15) is 11.5 Å². The molecule has 1 aliphatic rings. The smallest absolute Gasteiger partial charge is 0.122 e. The van der Waals surface area contributed by atoms with Gasteiger partial charge in [-0.15, -0.1) is 6.58 Å². The van der Waals surface area contributed by atoms with Gasteiger partial charge in [0.2, 0.25) is 0 Å². The summed E-state index contributed by atoms with van der Waals surface area (Å²) in [5.74, 6) is 1.44. The summed E-state index contributed by atoms with van der Waals surface area (Å²) in [5.41, 5.74) is 0.0889. The summed E-state index contributed by atoms with van der Waals surface area (Å²) in [4.78, 5) is 2.41. The lowest BCUT2D eigenvalue weighted by Crippen LogP contribution is -2.42. The van der Waals surface area contributed by atoms with Crippen LogP contribution in [0.25, 0.3) is 0 Å². The van der Waals surface area contributed by atoms with Gasteiger partial charge in [-0.25, -0.2) is 0 Å². The third-order valence-corrected chi connectivity index (χ3v) is 4.45. The van der Waals surface area contributed by atoms with Crippen molar-refractivity contribution in [1.82, 2.24) is 4.90 Å². The first-order valence-corrected chi connectivity index (χ1v) is 7.90. The van der Waals surface area contributed by atoms with Crippen molar-refractivity contribution < 1.29 is 14.6 Å². The Balaban J connectivity index is 2.05. The number of nitrogens with zero attached hydrogens (tertiary/aromatic N) is 1. The van der Waals surface area contributed by atoms with Gasteiger partial charge >= 0.3 is 0 Å². The minimum absolute atomic E-state index is 0.719. The second kappa shape index (κ2) is 7.65. The van der Waals surface area contributed by atoms with E-state index in [2.05, 4.69) is 11.5 Å². The molecule has 0 unspecified atom stereocenters. The van der Waals surface area contributed by atoms with Crippen LogP contribution >= 0.6 is 0 Å². The molecule has 0 saturated carbocycles. The first-order chi connectivity index (χ1) is 10.6. The normalized spacial score (nSPS) is 18.0. The van der Waals surface area contributed by atoms with Gasteiger partial charge in [-0.2, -0.15) is 0 Å². The fourth-order valence-corrected chi connectivity index (χ4v) is 2.97. The molecule has 0 radical (unpaired) electrons. The van der Waals surface area contributed by atoms with E-state index < -0.39 is 5.60 Å².